The first-order valence-electron chi connectivity index (χ1n) is 9.21. The number of nitrogens with one attached hydrogen (secondary N) is 3. The maximum atomic E-state index is 13.0. The Bertz CT molecular complexity index is 1360. The molecule has 32 heavy (non-hydrogen) atoms. The minimum Gasteiger partial charge on any atom is -0.322 e. The lowest BCUT2D eigenvalue weighted by Crippen LogP contribution is -2.15. The Kier molecular flexibility index (Phi) is 6.51. The molecule has 0 radical (unpaired) electrons. The molecule has 0 aliphatic carbocycles. The van der Waals surface area contributed by atoms with Crippen LogP contribution in [0.5, 0.6) is 0 Å². The molecular weight excluding hydrogens is 457 g/mol. The molecular formula is C21H20FN3O5S2. The van der Waals surface area contributed by atoms with E-state index in [1.165, 1.54) is 42.5 Å². The molecule has 3 aromatic carbocycles. The molecule has 0 saturated carbocycles. The highest BCUT2D eigenvalue weighted by Crippen LogP contribution is 2.21. The predicted octanol–water partition coefficient (Wildman–Crippen LogP) is 3.56. The van der Waals surface area contributed by atoms with Crippen LogP contribution in [0.25, 0.3) is 0 Å². The molecule has 0 heterocycles. The van der Waals surface area contributed by atoms with Crippen LogP contribution in [-0.4, -0.2) is 29.0 Å². The van der Waals surface area contributed by atoms with Gasteiger partial charge in [-0.15, -0.1) is 0 Å². The molecule has 0 aliphatic heterocycles. The summed E-state index contributed by atoms with van der Waals surface area (Å²) in [5, 5.41) is 2.63. The van der Waals surface area contributed by atoms with E-state index in [0.29, 0.717) is 11.3 Å². The van der Waals surface area contributed by atoms with Crippen molar-refractivity contribution in [3.63, 3.8) is 0 Å². The molecule has 168 valence electrons. The number of sulfonamides is 2. The number of hydrogen-bond donors (Lipinski definition) is 3. The lowest BCUT2D eigenvalue weighted by Gasteiger charge is -2.11. The van der Waals surface area contributed by atoms with Gasteiger partial charge in [-0.05, 0) is 73.2 Å². The highest BCUT2D eigenvalue weighted by Gasteiger charge is 2.15. The van der Waals surface area contributed by atoms with Crippen molar-refractivity contribution in [2.75, 3.05) is 21.0 Å². The summed E-state index contributed by atoms with van der Waals surface area (Å²) in [5.41, 5.74) is 1.70. The molecule has 0 spiro atoms. The predicted molar refractivity (Wildman–Crippen MR) is 121 cm³/mol. The molecule has 0 fully saturated rings. The number of rotatable bonds is 7. The topological polar surface area (TPSA) is 121 Å². The molecule has 11 heteroatoms. The molecule has 0 unspecified atom stereocenters. The highest BCUT2D eigenvalue weighted by atomic mass is 32.2. The van der Waals surface area contributed by atoms with E-state index in [4.69, 9.17) is 0 Å². The van der Waals surface area contributed by atoms with Crippen molar-refractivity contribution in [2.24, 2.45) is 0 Å². The lowest BCUT2D eigenvalue weighted by molar-refractivity contribution is 0.102. The standard InChI is InChI=1S/C21H20FN3O5S2/c1-14-3-4-15(13-20(14)25-31(2,27)28)21(26)23-17-9-11-19(12-10-17)32(29,30)24-18-7-5-16(22)6-8-18/h3-13,24-25H,1-2H3,(H,23,26). The van der Waals surface area contributed by atoms with E-state index < -0.39 is 31.8 Å². The fourth-order valence-electron chi connectivity index (χ4n) is 2.73. The molecule has 0 saturated heterocycles. The van der Waals surface area contributed by atoms with Crippen LogP contribution in [-0.2, 0) is 20.0 Å². The van der Waals surface area contributed by atoms with Crippen LogP contribution in [0.15, 0.2) is 71.6 Å². The summed E-state index contributed by atoms with van der Waals surface area (Å²) < 4.78 is 65.6. The van der Waals surface area contributed by atoms with Crippen molar-refractivity contribution in [2.45, 2.75) is 11.8 Å². The summed E-state index contributed by atoms with van der Waals surface area (Å²) in [6, 6.07) is 14.9. The van der Waals surface area contributed by atoms with E-state index in [2.05, 4.69) is 14.8 Å². The normalized spacial score (nSPS) is 11.6. The van der Waals surface area contributed by atoms with Crippen LogP contribution < -0.4 is 14.8 Å². The number of hydrogen-bond acceptors (Lipinski definition) is 5. The van der Waals surface area contributed by atoms with Gasteiger partial charge in [-0.25, -0.2) is 21.2 Å². The van der Waals surface area contributed by atoms with Crippen molar-refractivity contribution >= 4 is 43.0 Å². The van der Waals surface area contributed by atoms with Crippen LogP contribution in [0.2, 0.25) is 0 Å². The smallest absolute Gasteiger partial charge is 0.261 e. The Hall–Kier alpha value is -3.44. The number of amides is 1. The summed E-state index contributed by atoms with van der Waals surface area (Å²) in [4.78, 5) is 12.5. The van der Waals surface area contributed by atoms with Gasteiger partial charge in [0.1, 0.15) is 5.82 Å². The van der Waals surface area contributed by atoms with Crippen LogP contribution in [0.1, 0.15) is 15.9 Å². The lowest BCUT2D eigenvalue weighted by atomic mass is 10.1. The van der Waals surface area contributed by atoms with Crippen molar-refractivity contribution in [1.82, 2.24) is 0 Å². The number of carbonyl (C=O) groups is 1. The average Bonchev–Trinajstić information content (AvgIpc) is 2.70. The SMILES string of the molecule is Cc1ccc(C(=O)Nc2ccc(S(=O)(=O)Nc3ccc(F)cc3)cc2)cc1NS(C)(=O)=O. The molecule has 3 N–H and O–H groups in total. The maximum Gasteiger partial charge on any atom is 0.261 e. The zero-order valence-corrected chi connectivity index (χ0v) is 18.7. The monoisotopic (exact) mass is 477 g/mol. The van der Waals surface area contributed by atoms with Gasteiger partial charge in [0.25, 0.3) is 15.9 Å². The Morgan fingerprint density at radius 1 is 0.812 bits per heavy atom. The second-order valence-corrected chi connectivity index (χ2v) is 10.4. The summed E-state index contributed by atoms with van der Waals surface area (Å²) >= 11 is 0. The number of anilines is 3. The second kappa shape index (κ2) is 8.97. The maximum absolute atomic E-state index is 13.0. The van der Waals surface area contributed by atoms with Gasteiger partial charge in [0.05, 0.1) is 16.8 Å². The third-order valence-corrected chi connectivity index (χ3v) is 6.30. The van der Waals surface area contributed by atoms with Crippen LogP contribution in [0.4, 0.5) is 21.5 Å². The molecule has 8 nitrogen and oxygen atoms in total. The second-order valence-electron chi connectivity index (χ2n) is 6.99. The van der Waals surface area contributed by atoms with Gasteiger partial charge in [0.15, 0.2) is 0 Å². The van der Waals surface area contributed by atoms with E-state index in [1.54, 1.807) is 19.1 Å². The average molecular weight is 478 g/mol. The summed E-state index contributed by atoms with van der Waals surface area (Å²) in [5.74, 6) is -0.984. The van der Waals surface area contributed by atoms with Crippen molar-refractivity contribution in [3.8, 4) is 0 Å². The van der Waals surface area contributed by atoms with Crippen LogP contribution in [0, 0.1) is 12.7 Å². The van der Waals surface area contributed by atoms with Crippen LogP contribution in [0.3, 0.4) is 0 Å². The Morgan fingerprint density at radius 2 is 1.41 bits per heavy atom. The van der Waals surface area contributed by atoms with Gasteiger partial charge in [0, 0.05) is 16.9 Å². The summed E-state index contributed by atoms with van der Waals surface area (Å²) in [6.07, 6.45) is 1.01. The molecule has 3 aromatic rings. The van der Waals surface area contributed by atoms with Gasteiger partial charge in [-0.1, -0.05) is 6.07 Å². The Morgan fingerprint density at radius 3 is 2.00 bits per heavy atom. The highest BCUT2D eigenvalue weighted by molar-refractivity contribution is 7.92. The minimum absolute atomic E-state index is 0.0465. The van der Waals surface area contributed by atoms with E-state index >= 15 is 0 Å². The van der Waals surface area contributed by atoms with Crippen LogP contribution >= 0.6 is 0 Å². The molecule has 0 aliphatic rings. The van der Waals surface area contributed by atoms with Crippen molar-refractivity contribution < 1.29 is 26.0 Å². The first-order chi connectivity index (χ1) is 14.9. The van der Waals surface area contributed by atoms with Gasteiger partial charge >= 0.3 is 0 Å². The molecule has 1 amide bonds. The zero-order valence-electron chi connectivity index (χ0n) is 17.1. The fraction of sp³-hybridized carbons (Fsp3) is 0.0952. The third kappa shape index (κ3) is 6.05. The van der Waals surface area contributed by atoms with E-state index in [1.807, 2.05) is 0 Å². The van der Waals surface area contributed by atoms with E-state index in [0.717, 1.165) is 18.4 Å². The van der Waals surface area contributed by atoms with E-state index in [-0.39, 0.29) is 21.8 Å². The van der Waals surface area contributed by atoms with Crippen molar-refractivity contribution in [3.05, 3.63) is 83.7 Å². The Labute approximate surface area is 185 Å². The molecule has 0 bridgehead atoms. The van der Waals surface area contributed by atoms with E-state index in [9.17, 15) is 26.0 Å². The molecule has 0 atom stereocenters. The quantitative estimate of drug-likeness (QED) is 0.480. The fourth-order valence-corrected chi connectivity index (χ4v) is 4.40. The summed E-state index contributed by atoms with van der Waals surface area (Å²) in [7, 11) is -7.41. The van der Waals surface area contributed by atoms with Gasteiger partial charge < -0.3 is 5.32 Å². The molecule has 0 aromatic heterocycles. The third-order valence-electron chi connectivity index (χ3n) is 4.31. The molecule has 3 rings (SSSR count). The minimum atomic E-state index is -3.90. The number of benzene rings is 3. The van der Waals surface area contributed by atoms with Crippen molar-refractivity contribution in [1.29, 1.82) is 0 Å². The number of aryl methyl sites for hydroxylation is 1. The largest absolute Gasteiger partial charge is 0.322 e. The zero-order chi connectivity index (χ0) is 23.5. The Balaban J connectivity index is 1.73. The van der Waals surface area contributed by atoms with Gasteiger partial charge in [0.2, 0.25) is 10.0 Å². The first-order valence-corrected chi connectivity index (χ1v) is 12.6. The summed E-state index contributed by atoms with van der Waals surface area (Å²) in [6.45, 7) is 1.70. The van der Waals surface area contributed by atoms with Gasteiger partial charge in [-0.2, -0.15) is 0 Å². The number of carbonyl (C=O) groups excluding carboxylic acids is 1. The van der Waals surface area contributed by atoms with Gasteiger partial charge in [-0.3, -0.25) is 14.2 Å². The first kappa shape index (κ1) is 23.2. The number of halogens is 1.